The van der Waals surface area contributed by atoms with E-state index in [1.165, 1.54) is 48.7 Å². The lowest BCUT2D eigenvalue weighted by Gasteiger charge is -2.30. The maximum absolute atomic E-state index is 6.69. The molecule has 25 heavy (non-hydrogen) atoms. The zero-order valence-corrected chi connectivity index (χ0v) is 15.5. The minimum absolute atomic E-state index is 0.404. The van der Waals surface area contributed by atoms with Crippen molar-refractivity contribution in [2.24, 2.45) is 0 Å². The van der Waals surface area contributed by atoms with Gasteiger partial charge in [-0.2, -0.15) is 4.98 Å². The first-order valence-electron chi connectivity index (χ1n) is 9.63. The van der Waals surface area contributed by atoms with Crippen LogP contribution >= 0.6 is 11.6 Å². The van der Waals surface area contributed by atoms with E-state index in [1.54, 1.807) is 0 Å². The summed E-state index contributed by atoms with van der Waals surface area (Å²) in [6.07, 6.45) is 6.66. The molecule has 2 fully saturated rings. The molecule has 2 saturated heterocycles. The topological polar surface area (TPSA) is 43.2 Å². The number of halogens is 1. The molecule has 0 bridgehead atoms. The van der Waals surface area contributed by atoms with Crippen molar-refractivity contribution in [2.75, 3.05) is 31.1 Å². The number of piperidine rings is 1. The number of nitrogens with one attached hydrogen (secondary N) is 1. The number of nitrogens with two attached hydrogens (primary N) is 1. The monoisotopic (exact) mass is 361 g/mol. The molecule has 134 valence electrons. The SMILES string of the molecule is Clc1[nH+]c2ccccc2c(N2CCCCC2)c1C[NH2+]C[C@@H]1CCCO1. The predicted molar refractivity (Wildman–Crippen MR) is 101 cm³/mol. The first-order chi connectivity index (χ1) is 12.3. The highest BCUT2D eigenvalue weighted by molar-refractivity contribution is 6.30. The Labute approximate surface area is 154 Å². The number of fused-ring (bicyclic) bond motifs is 1. The second-order valence-electron chi connectivity index (χ2n) is 7.22. The predicted octanol–water partition coefficient (Wildman–Crippen LogP) is 2.54. The van der Waals surface area contributed by atoms with Gasteiger partial charge in [0.25, 0.3) is 5.15 Å². The molecule has 0 unspecified atom stereocenters. The van der Waals surface area contributed by atoms with E-state index >= 15 is 0 Å². The molecular weight excluding hydrogens is 334 g/mol. The van der Waals surface area contributed by atoms with E-state index in [-0.39, 0.29) is 0 Å². The molecule has 1 atom stereocenters. The Bertz CT molecular complexity index is 724. The van der Waals surface area contributed by atoms with Crippen LogP contribution in [0.25, 0.3) is 10.9 Å². The number of hydrogen-bond donors (Lipinski definition) is 1. The number of para-hydroxylation sites is 1. The minimum atomic E-state index is 0.404. The number of nitrogens with zero attached hydrogens (tertiary/aromatic N) is 1. The highest BCUT2D eigenvalue weighted by Crippen LogP contribution is 2.33. The van der Waals surface area contributed by atoms with Gasteiger partial charge in [-0.3, -0.25) is 0 Å². The first kappa shape index (κ1) is 17.1. The molecule has 0 aliphatic carbocycles. The van der Waals surface area contributed by atoms with Gasteiger partial charge < -0.3 is 15.0 Å². The number of ether oxygens (including phenoxy) is 1. The molecule has 5 heteroatoms. The number of pyridine rings is 1. The number of rotatable bonds is 5. The van der Waals surface area contributed by atoms with Gasteiger partial charge in [0.15, 0.2) is 0 Å². The summed E-state index contributed by atoms with van der Waals surface area (Å²) < 4.78 is 5.76. The fourth-order valence-corrected chi connectivity index (χ4v) is 4.44. The van der Waals surface area contributed by atoms with Crippen LogP contribution in [0.4, 0.5) is 5.69 Å². The third kappa shape index (κ3) is 3.76. The number of quaternary nitrogens is 1. The average Bonchev–Trinajstić information content (AvgIpc) is 3.16. The molecule has 3 N–H and O–H groups in total. The van der Waals surface area contributed by atoms with Crippen molar-refractivity contribution in [3.05, 3.63) is 35.0 Å². The maximum Gasteiger partial charge on any atom is 0.284 e. The summed E-state index contributed by atoms with van der Waals surface area (Å²) in [6, 6.07) is 8.53. The van der Waals surface area contributed by atoms with Gasteiger partial charge in [0.2, 0.25) is 5.52 Å². The molecule has 4 nitrogen and oxygen atoms in total. The van der Waals surface area contributed by atoms with Crippen LogP contribution in [0.5, 0.6) is 0 Å². The van der Waals surface area contributed by atoms with Crippen LogP contribution in [0.2, 0.25) is 5.15 Å². The fraction of sp³-hybridized carbons (Fsp3) is 0.550. The van der Waals surface area contributed by atoms with Crippen LogP contribution in [0.15, 0.2) is 24.3 Å². The molecular formula is C20H28ClN3O+2. The molecule has 2 aliphatic rings. The van der Waals surface area contributed by atoms with Crippen molar-refractivity contribution >= 4 is 28.2 Å². The number of H-pyrrole nitrogens is 1. The maximum atomic E-state index is 6.69. The van der Waals surface area contributed by atoms with Crippen LogP contribution in [-0.4, -0.2) is 32.3 Å². The number of hydrogen-bond acceptors (Lipinski definition) is 2. The molecule has 0 amide bonds. The molecule has 2 aromatic rings. The van der Waals surface area contributed by atoms with Crippen molar-refractivity contribution in [1.29, 1.82) is 0 Å². The van der Waals surface area contributed by atoms with Crippen LogP contribution in [0, 0.1) is 0 Å². The van der Waals surface area contributed by atoms with E-state index in [0.717, 1.165) is 43.5 Å². The van der Waals surface area contributed by atoms with Crippen molar-refractivity contribution < 1.29 is 15.0 Å². The number of aromatic amines is 1. The average molecular weight is 362 g/mol. The van der Waals surface area contributed by atoms with Gasteiger partial charge in [-0.25, -0.2) is 0 Å². The molecule has 0 radical (unpaired) electrons. The Morgan fingerprint density at radius 3 is 2.80 bits per heavy atom. The van der Waals surface area contributed by atoms with Gasteiger partial charge in [-0.15, -0.1) is 0 Å². The van der Waals surface area contributed by atoms with Gasteiger partial charge in [0.1, 0.15) is 24.8 Å². The summed E-state index contributed by atoms with van der Waals surface area (Å²) in [5.41, 5.74) is 3.69. The fourth-order valence-electron chi connectivity index (χ4n) is 4.17. The first-order valence-corrected chi connectivity index (χ1v) is 10.0. The van der Waals surface area contributed by atoms with E-state index in [0.29, 0.717) is 6.10 Å². The molecule has 0 saturated carbocycles. The lowest BCUT2D eigenvalue weighted by atomic mass is 10.0. The van der Waals surface area contributed by atoms with Crippen LogP contribution < -0.4 is 15.2 Å². The third-order valence-electron chi connectivity index (χ3n) is 5.45. The summed E-state index contributed by atoms with van der Waals surface area (Å²) in [6.45, 7) is 5.09. The number of anilines is 1. The zero-order chi connectivity index (χ0) is 17.1. The lowest BCUT2D eigenvalue weighted by molar-refractivity contribution is -0.676. The van der Waals surface area contributed by atoms with Crippen molar-refractivity contribution in [1.82, 2.24) is 0 Å². The van der Waals surface area contributed by atoms with E-state index in [2.05, 4.69) is 39.5 Å². The Hall–Kier alpha value is -1.36. The van der Waals surface area contributed by atoms with Crippen LogP contribution in [0.3, 0.4) is 0 Å². The largest absolute Gasteiger partial charge is 0.372 e. The van der Waals surface area contributed by atoms with Gasteiger partial charge in [0, 0.05) is 25.8 Å². The van der Waals surface area contributed by atoms with Crippen molar-refractivity contribution in [3.63, 3.8) is 0 Å². The lowest BCUT2D eigenvalue weighted by Crippen LogP contribution is -2.84. The van der Waals surface area contributed by atoms with Crippen LogP contribution in [-0.2, 0) is 11.3 Å². The molecule has 3 heterocycles. The van der Waals surface area contributed by atoms with Crippen LogP contribution in [0.1, 0.15) is 37.7 Å². The summed E-state index contributed by atoms with van der Waals surface area (Å²) in [5, 5.41) is 4.42. The van der Waals surface area contributed by atoms with Gasteiger partial charge in [-0.1, -0.05) is 12.1 Å². The number of aromatic nitrogens is 1. The van der Waals surface area contributed by atoms with E-state index in [4.69, 9.17) is 16.3 Å². The molecule has 1 aromatic heterocycles. The smallest absolute Gasteiger partial charge is 0.284 e. The summed E-state index contributed by atoms with van der Waals surface area (Å²) in [4.78, 5) is 5.95. The molecule has 4 rings (SSSR count). The second-order valence-corrected chi connectivity index (χ2v) is 7.60. The van der Waals surface area contributed by atoms with E-state index in [1.807, 2.05) is 0 Å². The van der Waals surface area contributed by atoms with Gasteiger partial charge >= 0.3 is 0 Å². The summed E-state index contributed by atoms with van der Waals surface area (Å²) in [7, 11) is 0. The van der Waals surface area contributed by atoms with Gasteiger partial charge in [0.05, 0.1) is 11.1 Å². The highest BCUT2D eigenvalue weighted by Gasteiger charge is 2.26. The Morgan fingerprint density at radius 1 is 1.16 bits per heavy atom. The van der Waals surface area contributed by atoms with E-state index < -0.39 is 0 Å². The summed E-state index contributed by atoms with van der Waals surface area (Å²) in [5.74, 6) is 0. The van der Waals surface area contributed by atoms with Crippen molar-refractivity contribution in [3.8, 4) is 0 Å². The normalized spacial score (nSPS) is 21.2. The number of benzene rings is 1. The Morgan fingerprint density at radius 2 is 2.00 bits per heavy atom. The Balaban J connectivity index is 1.64. The molecule has 1 aromatic carbocycles. The second kappa shape index (κ2) is 7.90. The van der Waals surface area contributed by atoms with Crippen molar-refractivity contribution in [2.45, 2.75) is 44.8 Å². The Kier molecular flexibility index (Phi) is 5.39. The third-order valence-corrected chi connectivity index (χ3v) is 5.77. The van der Waals surface area contributed by atoms with E-state index in [9.17, 15) is 0 Å². The minimum Gasteiger partial charge on any atom is -0.372 e. The standard InChI is InChI=1S/C20H26ClN3O/c21-20-17(14-22-13-15-7-6-12-25-15)19(24-10-4-1-5-11-24)16-8-2-3-9-18(16)23-20/h2-3,8-9,15,22H,1,4-7,10-14H2/p+2/t15-/m0/s1. The highest BCUT2D eigenvalue weighted by atomic mass is 35.5. The summed E-state index contributed by atoms with van der Waals surface area (Å²) >= 11 is 6.69. The zero-order valence-electron chi connectivity index (χ0n) is 14.8. The van der Waals surface area contributed by atoms with Gasteiger partial charge in [-0.05, 0) is 49.8 Å². The quantitative estimate of drug-likeness (QED) is 0.832. The molecule has 0 spiro atoms. The molecule has 2 aliphatic heterocycles.